The van der Waals surface area contributed by atoms with Crippen LogP contribution in [0.1, 0.15) is 0 Å². The predicted molar refractivity (Wildman–Crippen MR) is 261 cm³/mol. The van der Waals surface area contributed by atoms with Crippen molar-refractivity contribution in [1.29, 1.82) is 0 Å². The van der Waals surface area contributed by atoms with E-state index in [0.29, 0.717) is 0 Å². The first-order valence-corrected chi connectivity index (χ1v) is 21.5. The van der Waals surface area contributed by atoms with Crippen molar-refractivity contribution in [3.63, 3.8) is 0 Å². The molecule has 3 heteroatoms. The summed E-state index contributed by atoms with van der Waals surface area (Å²) in [5.74, 6) is 0. The van der Waals surface area contributed by atoms with Gasteiger partial charge in [-0.2, -0.15) is 0 Å². The van der Waals surface area contributed by atoms with E-state index in [-0.39, 0.29) is 0 Å². The summed E-state index contributed by atoms with van der Waals surface area (Å²) in [5, 5.41) is 7.40. The lowest BCUT2D eigenvalue weighted by Crippen LogP contribution is -2.10. The first-order valence-electron chi connectivity index (χ1n) is 20.7. The van der Waals surface area contributed by atoms with Crippen LogP contribution in [0.3, 0.4) is 0 Å². The van der Waals surface area contributed by atoms with Crippen molar-refractivity contribution in [3.8, 4) is 44.5 Å². The molecule has 0 saturated heterocycles. The van der Waals surface area contributed by atoms with E-state index in [1.165, 1.54) is 64.3 Å². The Hall–Kier alpha value is -7.72. The Morgan fingerprint density at radius 3 is 1.57 bits per heavy atom. The maximum Gasteiger partial charge on any atom is 0.135 e. The van der Waals surface area contributed by atoms with Gasteiger partial charge in [-0.25, -0.2) is 0 Å². The minimum absolute atomic E-state index is 0.900. The highest BCUT2D eigenvalue weighted by Crippen LogP contribution is 2.42. The molecule has 0 aliphatic carbocycles. The topological polar surface area (TPSA) is 16.4 Å². The lowest BCUT2D eigenvalue weighted by atomic mass is 9.98. The molecular formula is C58H37NOS. The number of anilines is 3. The van der Waals surface area contributed by atoms with Crippen molar-refractivity contribution in [3.05, 3.63) is 224 Å². The number of benzene rings is 10. The van der Waals surface area contributed by atoms with Gasteiger partial charge in [-0.1, -0.05) is 152 Å². The third kappa shape index (κ3) is 6.35. The first-order chi connectivity index (χ1) is 30.2. The zero-order valence-corrected chi connectivity index (χ0v) is 33.9. The number of furan rings is 1. The molecule has 12 rings (SSSR count). The number of hydrogen-bond acceptors (Lipinski definition) is 3. The van der Waals surface area contributed by atoms with Crippen LogP contribution in [0, 0.1) is 0 Å². The number of nitrogens with zero attached hydrogens (tertiary/aromatic N) is 1. The van der Waals surface area contributed by atoms with E-state index in [2.05, 4.69) is 217 Å². The third-order valence-corrected chi connectivity index (χ3v) is 13.2. The van der Waals surface area contributed by atoms with Gasteiger partial charge in [-0.3, -0.25) is 0 Å². The fraction of sp³-hybridized carbons (Fsp3) is 0. The maximum atomic E-state index is 6.18. The number of para-hydroxylation sites is 1. The summed E-state index contributed by atoms with van der Waals surface area (Å²) in [6.45, 7) is 0. The van der Waals surface area contributed by atoms with Crippen molar-refractivity contribution in [2.75, 3.05) is 4.90 Å². The van der Waals surface area contributed by atoms with Gasteiger partial charge in [0.25, 0.3) is 0 Å². The van der Waals surface area contributed by atoms with Crippen molar-refractivity contribution in [2.45, 2.75) is 0 Å². The summed E-state index contributed by atoms with van der Waals surface area (Å²) in [6.07, 6.45) is 0. The highest BCUT2D eigenvalue weighted by molar-refractivity contribution is 7.25. The lowest BCUT2D eigenvalue weighted by Gasteiger charge is -2.27. The van der Waals surface area contributed by atoms with Crippen molar-refractivity contribution in [2.24, 2.45) is 0 Å². The van der Waals surface area contributed by atoms with Gasteiger partial charge >= 0.3 is 0 Å². The van der Waals surface area contributed by atoms with Crippen molar-refractivity contribution >= 4 is 81.3 Å². The largest absolute Gasteiger partial charge is 0.456 e. The molecule has 0 aliphatic rings. The fourth-order valence-corrected chi connectivity index (χ4v) is 10.1. The lowest BCUT2D eigenvalue weighted by molar-refractivity contribution is 0.669. The van der Waals surface area contributed by atoms with E-state index in [9.17, 15) is 0 Å². The SMILES string of the molecule is c1cc(-c2ccc3c(c2)sc2ccccc23)cc(N(c2ccc(-c3ccc(-c4ccc5ccccc5c4)cc3)cc2)c2cccc(-c3ccc4oc5ccccc5c4c3)c2)c1. The van der Waals surface area contributed by atoms with Crippen molar-refractivity contribution < 1.29 is 4.42 Å². The summed E-state index contributed by atoms with van der Waals surface area (Å²) < 4.78 is 8.80. The summed E-state index contributed by atoms with van der Waals surface area (Å²) >= 11 is 1.86. The molecule has 0 bridgehead atoms. The van der Waals surface area contributed by atoms with Crippen LogP contribution in [-0.4, -0.2) is 0 Å². The fourth-order valence-electron chi connectivity index (χ4n) is 8.93. The molecule has 286 valence electrons. The Morgan fingerprint density at radius 2 is 0.803 bits per heavy atom. The van der Waals surface area contributed by atoms with E-state index in [1.807, 2.05) is 23.5 Å². The average molecular weight is 796 g/mol. The standard InChI is InChI=1S/C58H37NOS/c1-2-10-42-33-45(24-23-38(42)9-1)41-21-19-39(20-22-41)40-25-29-48(30-26-40)59(49-13-7-11-43(34-49)46-28-32-56-54(36-46)51-15-3-5-17-55(51)60-56)50-14-8-12-44(35-50)47-27-31-53-52-16-4-6-18-57(52)61-58(53)37-47/h1-37H. The molecule has 2 aromatic heterocycles. The molecular weight excluding hydrogens is 759 g/mol. The van der Waals surface area contributed by atoms with Gasteiger partial charge < -0.3 is 9.32 Å². The van der Waals surface area contributed by atoms with Crippen LogP contribution < -0.4 is 4.90 Å². The number of thiophene rings is 1. The van der Waals surface area contributed by atoms with Gasteiger partial charge in [0.05, 0.1) is 0 Å². The normalized spacial score (nSPS) is 11.6. The van der Waals surface area contributed by atoms with Crippen molar-refractivity contribution in [1.82, 2.24) is 0 Å². The van der Waals surface area contributed by atoms with Crippen LogP contribution >= 0.6 is 11.3 Å². The third-order valence-electron chi connectivity index (χ3n) is 12.1. The Morgan fingerprint density at radius 1 is 0.279 bits per heavy atom. The van der Waals surface area contributed by atoms with Gasteiger partial charge in [0.15, 0.2) is 0 Å². The van der Waals surface area contributed by atoms with Gasteiger partial charge in [0.2, 0.25) is 0 Å². The highest BCUT2D eigenvalue weighted by Gasteiger charge is 2.17. The molecule has 0 spiro atoms. The van der Waals surface area contributed by atoms with E-state index in [0.717, 1.165) is 50.1 Å². The van der Waals surface area contributed by atoms with Crippen LogP contribution in [0.5, 0.6) is 0 Å². The molecule has 0 fully saturated rings. The average Bonchev–Trinajstić information content (AvgIpc) is 3.90. The molecule has 0 aliphatic heterocycles. The zero-order chi connectivity index (χ0) is 40.3. The summed E-state index contributed by atoms with van der Waals surface area (Å²) in [5.41, 5.74) is 14.5. The molecule has 0 atom stereocenters. The molecule has 12 aromatic rings. The zero-order valence-electron chi connectivity index (χ0n) is 33.1. The van der Waals surface area contributed by atoms with Crippen LogP contribution in [0.2, 0.25) is 0 Å². The molecule has 61 heavy (non-hydrogen) atoms. The number of rotatable bonds is 7. The van der Waals surface area contributed by atoms with E-state index >= 15 is 0 Å². The summed E-state index contributed by atoms with van der Waals surface area (Å²) in [4.78, 5) is 2.38. The van der Waals surface area contributed by atoms with Gasteiger partial charge in [-0.15, -0.1) is 11.3 Å². The van der Waals surface area contributed by atoms with Gasteiger partial charge in [0, 0.05) is 48.0 Å². The molecule has 0 amide bonds. The van der Waals surface area contributed by atoms with Gasteiger partial charge in [0.1, 0.15) is 11.2 Å². The second-order valence-corrected chi connectivity index (χ2v) is 16.8. The molecule has 2 heterocycles. The maximum absolute atomic E-state index is 6.18. The Bertz CT molecular complexity index is 3590. The minimum Gasteiger partial charge on any atom is -0.456 e. The number of hydrogen-bond donors (Lipinski definition) is 0. The van der Waals surface area contributed by atoms with Crippen LogP contribution in [0.15, 0.2) is 229 Å². The summed E-state index contributed by atoms with van der Waals surface area (Å²) in [6, 6.07) is 81.4. The highest BCUT2D eigenvalue weighted by atomic mass is 32.1. The van der Waals surface area contributed by atoms with E-state index in [1.54, 1.807) is 0 Å². The van der Waals surface area contributed by atoms with E-state index < -0.39 is 0 Å². The smallest absolute Gasteiger partial charge is 0.135 e. The first kappa shape index (κ1) is 35.2. The molecule has 0 N–H and O–H groups in total. The molecule has 0 saturated carbocycles. The monoisotopic (exact) mass is 795 g/mol. The molecule has 2 nitrogen and oxygen atoms in total. The van der Waals surface area contributed by atoms with Crippen LogP contribution in [0.25, 0.3) is 97.4 Å². The molecule has 0 radical (unpaired) electrons. The second-order valence-electron chi connectivity index (χ2n) is 15.7. The summed E-state index contributed by atoms with van der Waals surface area (Å²) in [7, 11) is 0. The second kappa shape index (κ2) is 14.5. The van der Waals surface area contributed by atoms with Gasteiger partial charge in [-0.05, 0) is 128 Å². The Kier molecular flexibility index (Phi) is 8.39. The molecule has 10 aromatic carbocycles. The quantitative estimate of drug-likeness (QED) is 0.160. The number of fused-ring (bicyclic) bond motifs is 7. The Balaban J connectivity index is 0.930. The molecule has 0 unspecified atom stereocenters. The van der Waals surface area contributed by atoms with Crippen LogP contribution in [-0.2, 0) is 0 Å². The minimum atomic E-state index is 0.900. The van der Waals surface area contributed by atoms with Crippen LogP contribution in [0.4, 0.5) is 17.1 Å². The predicted octanol–water partition coefficient (Wildman–Crippen LogP) is 17.2. The Labute approximate surface area is 357 Å². The van der Waals surface area contributed by atoms with E-state index in [4.69, 9.17) is 4.42 Å².